The number of aryl methyl sites for hydroxylation is 2. The van der Waals surface area contributed by atoms with Gasteiger partial charge in [-0.05, 0) is 32.0 Å². The number of hydrogen-bond donors (Lipinski definition) is 0. The first kappa shape index (κ1) is 10.4. The minimum Gasteiger partial charge on any atom is -0.247 e. The van der Waals surface area contributed by atoms with Crippen molar-refractivity contribution >= 4 is 22.2 Å². The van der Waals surface area contributed by atoms with Gasteiger partial charge < -0.3 is 0 Å². The lowest BCUT2D eigenvalue weighted by atomic mass is 10.2. The molecule has 17 heavy (non-hydrogen) atoms. The highest BCUT2D eigenvalue weighted by molar-refractivity contribution is 7.15. The number of pyridine rings is 1. The molecule has 0 saturated heterocycles. The topological polar surface area (TPSA) is 25.8 Å². The second-order valence-corrected chi connectivity index (χ2v) is 5.15. The molecule has 0 atom stereocenters. The third-order valence-corrected chi connectivity index (χ3v) is 3.74. The predicted octanol–water partition coefficient (Wildman–Crippen LogP) is 3.78. The molecular weight excluding hydrogens is 228 g/mol. The standard InChI is InChI=1S/C14H11N2S/c1-9-14(17-10(2)15-9)13-8-7-11-5-3-4-6-12(11)16-13/h3-6,8H,1-2H3. The molecule has 0 bridgehead atoms. The van der Waals surface area contributed by atoms with E-state index in [4.69, 9.17) is 0 Å². The van der Waals surface area contributed by atoms with Crippen molar-refractivity contribution in [1.29, 1.82) is 0 Å². The molecule has 0 spiro atoms. The first-order valence-electron chi connectivity index (χ1n) is 5.46. The molecule has 3 heteroatoms. The fourth-order valence-corrected chi connectivity index (χ4v) is 2.77. The van der Waals surface area contributed by atoms with Crippen LogP contribution in [0.15, 0.2) is 30.3 Å². The van der Waals surface area contributed by atoms with E-state index in [1.165, 1.54) is 0 Å². The highest BCUT2D eigenvalue weighted by Crippen LogP contribution is 2.29. The largest absolute Gasteiger partial charge is 0.247 e. The van der Waals surface area contributed by atoms with Crippen molar-refractivity contribution in [2.75, 3.05) is 0 Å². The zero-order valence-corrected chi connectivity index (χ0v) is 10.5. The highest BCUT2D eigenvalue weighted by Gasteiger charge is 2.09. The van der Waals surface area contributed by atoms with Crippen LogP contribution in [0.1, 0.15) is 10.7 Å². The van der Waals surface area contributed by atoms with Crippen LogP contribution in [0.4, 0.5) is 0 Å². The maximum Gasteiger partial charge on any atom is 0.0904 e. The lowest BCUT2D eigenvalue weighted by Crippen LogP contribution is -1.85. The third kappa shape index (κ3) is 1.83. The van der Waals surface area contributed by atoms with Crippen molar-refractivity contribution in [3.63, 3.8) is 0 Å². The molecule has 0 N–H and O–H groups in total. The summed E-state index contributed by atoms with van der Waals surface area (Å²) in [4.78, 5) is 10.2. The minimum absolute atomic E-state index is 0.965. The van der Waals surface area contributed by atoms with Crippen molar-refractivity contribution in [2.24, 2.45) is 0 Å². The van der Waals surface area contributed by atoms with Crippen LogP contribution < -0.4 is 0 Å². The Morgan fingerprint density at radius 3 is 2.71 bits per heavy atom. The summed E-state index contributed by atoms with van der Waals surface area (Å²) in [5.41, 5.74) is 2.99. The Kier molecular flexibility index (Phi) is 2.41. The predicted molar refractivity (Wildman–Crippen MR) is 71.2 cm³/mol. The van der Waals surface area contributed by atoms with Gasteiger partial charge in [-0.3, -0.25) is 0 Å². The summed E-state index contributed by atoms with van der Waals surface area (Å²) in [6.45, 7) is 4.04. The molecule has 2 heterocycles. The van der Waals surface area contributed by atoms with Crippen LogP contribution in [-0.4, -0.2) is 9.97 Å². The van der Waals surface area contributed by atoms with Gasteiger partial charge in [0.15, 0.2) is 0 Å². The zero-order chi connectivity index (χ0) is 11.8. The smallest absolute Gasteiger partial charge is 0.0904 e. The van der Waals surface area contributed by atoms with Crippen LogP contribution in [0.25, 0.3) is 21.5 Å². The molecule has 0 aliphatic rings. The second-order valence-electron chi connectivity index (χ2n) is 3.95. The van der Waals surface area contributed by atoms with Gasteiger partial charge in [-0.25, -0.2) is 9.97 Å². The lowest BCUT2D eigenvalue weighted by molar-refractivity contribution is 1.20. The van der Waals surface area contributed by atoms with E-state index in [1.807, 2.05) is 44.2 Å². The number of rotatable bonds is 1. The SMILES string of the molecule is Cc1nc(C)c(-c2c[c]c3ccccc3n2)s1. The quantitative estimate of drug-likeness (QED) is 0.646. The molecule has 0 unspecified atom stereocenters. The van der Waals surface area contributed by atoms with Crippen molar-refractivity contribution in [3.8, 4) is 10.6 Å². The fourth-order valence-electron chi connectivity index (χ4n) is 1.89. The van der Waals surface area contributed by atoms with Gasteiger partial charge in [0.25, 0.3) is 0 Å². The van der Waals surface area contributed by atoms with Gasteiger partial charge in [0.2, 0.25) is 0 Å². The van der Waals surface area contributed by atoms with Gasteiger partial charge in [-0.1, -0.05) is 18.2 Å². The molecule has 3 aromatic rings. The molecule has 3 rings (SSSR count). The maximum absolute atomic E-state index is 4.66. The summed E-state index contributed by atoms with van der Waals surface area (Å²) < 4.78 is 0. The Hall–Kier alpha value is -1.74. The van der Waals surface area contributed by atoms with E-state index >= 15 is 0 Å². The van der Waals surface area contributed by atoms with Crippen LogP contribution in [0.3, 0.4) is 0 Å². The lowest BCUT2D eigenvalue weighted by Gasteiger charge is -2.00. The molecule has 1 aromatic carbocycles. The summed E-state index contributed by atoms with van der Waals surface area (Å²) in [6, 6.07) is 13.3. The van der Waals surface area contributed by atoms with Crippen LogP contribution in [-0.2, 0) is 0 Å². The molecule has 0 aliphatic heterocycles. The average Bonchev–Trinajstić information content (AvgIpc) is 2.68. The molecule has 0 saturated carbocycles. The molecule has 0 aliphatic carbocycles. The Morgan fingerprint density at radius 1 is 1.12 bits per heavy atom. The molecule has 2 aromatic heterocycles. The van der Waals surface area contributed by atoms with E-state index in [-0.39, 0.29) is 0 Å². The summed E-state index contributed by atoms with van der Waals surface area (Å²) in [7, 11) is 0. The Balaban J connectivity index is 2.21. The Labute approximate surface area is 104 Å². The maximum atomic E-state index is 4.66. The summed E-state index contributed by atoms with van der Waals surface area (Å²) in [5, 5.41) is 2.13. The van der Waals surface area contributed by atoms with Crippen LogP contribution in [0.5, 0.6) is 0 Å². The molecular formula is C14H11N2S. The van der Waals surface area contributed by atoms with E-state index in [0.717, 1.165) is 32.2 Å². The van der Waals surface area contributed by atoms with Crippen LogP contribution in [0, 0.1) is 19.9 Å². The molecule has 83 valence electrons. The van der Waals surface area contributed by atoms with Crippen molar-refractivity contribution < 1.29 is 0 Å². The summed E-state index contributed by atoms with van der Waals surface area (Å²) >= 11 is 1.68. The summed E-state index contributed by atoms with van der Waals surface area (Å²) in [6.07, 6.45) is 0. The molecule has 2 nitrogen and oxygen atoms in total. The average molecular weight is 239 g/mol. The van der Waals surface area contributed by atoms with E-state index in [9.17, 15) is 0 Å². The van der Waals surface area contributed by atoms with E-state index in [1.54, 1.807) is 11.3 Å². The normalized spacial score (nSPS) is 10.9. The van der Waals surface area contributed by atoms with Crippen molar-refractivity contribution in [3.05, 3.63) is 47.1 Å². The van der Waals surface area contributed by atoms with E-state index < -0.39 is 0 Å². The van der Waals surface area contributed by atoms with Gasteiger partial charge in [0.1, 0.15) is 0 Å². The van der Waals surface area contributed by atoms with Gasteiger partial charge >= 0.3 is 0 Å². The highest BCUT2D eigenvalue weighted by atomic mass is 32.1. The van der Waals surface area contributed by atoms with Gasteiger partial charge in [-0.2, -0.15) is 0 Å². The molecule has 0 fully saturated rings. The minimum atomic E-state index is 0.965. The fraction of sp³-hybridized carbons (Fsp3) is 0.143. The van der Waals surface area contributed by atoms with Crippen LogP contribution >= 0.6 is 11.3 Å². The number of fused-ring (bicyclic) bond motifs is 1. The first-order chi connectivity index (χ1) is 8.24. The Bertz CT molecular complexity index is 686. The van der Waals surface area contributed by atoms with Crippen molar-refractivity contribution in [1.82, 2.24) is 9.97 Å². The number of nitrogens with zero attached hydrogens (tertiary/aromatic N) is 2. The van der Waals surface area contributed by atoms with Gasteiger partial charge in [-0.15, -0.1) is 11.3 Å². The second kappa shape index (κ2) is 3.93. The van der Waals surface area contributed by atoms with Gasteiger partial charge in [0, 0.05) is 5.39 Å². The number of benzene rings is 1. The number of aromatic nitrogens is 2. The van der Waals surface area contributed by atoms with Crippen LogP contribution in [0.2, 0.25) is 0 Å². The Morgan fingerprint density at radius 2 is 1.94 bits per heavy atom. The summed E-state index contributed by atoms with van der Waals surface area (Å²) in [5.74, 6) is 0. The third-order valence-electron chi connectivity index (χ3n) is 2.65. The molecule has 0 amide bonds. The van der Waals surface area contributed by atoms with Crippen molar-refractivity contribution in [2.45, 2.75) is 13.8 Å². The zero-order valence-electron chi connectivity index (χ0n) is 9.69. The van der Waals surface area contributed by atoms with E-state index in [2.05, 4.69) is 16.0 Å². The molecule has 1 radical (unpaired) electrons. The number of hydrogen-bond acceptors (Lipinski definition) is 3. The monoisotopic (exact) mass is 239 g/mol. The van der Waals surface area contributed by atoms with Gasteiger partial charge in [0.05, 0.1) is 26.8 Å². The van der Waals surface area contributed by atoms with E-state index in [0.29, 0.717) is 0 Å². The first-order valence-corrected chi connectivity index (χ1v) is 6.27. The number of para-hydroxylation sites is 1. The number of thiazole rings is 1.